The van der Waals surface area contributed by atoms with Crippen LogP contribution in [0.3, 0.4) is 0 Å². The molecule has 0 saturated carbocycles. The lowest BCUT2D eigenvalue weighted by Gasteiger charge is -2.14. The molecule has 11 nitrogen and oxygen atoms in total. The van der Waals surface area contributed by atoms with Gasteiger partial charge in [0.25, 0.3) is 28.2 Å². The van der Waals surface area contributed by atoms with Crippen LogP contribution in [0.1, 0.15) is 0 Å². The van der Waals surface area contributed by atoms with Gasteiger partial charge in [-0.05, 0) is 12.1 Å². The van der Waals surface area contributed by atoms with Crippen molar-refractivity contribution in [3.05, 3.63) is 30.9 Å². The Morgan fingerprint density at radius 1 is 1.20 bits per heavy atom. The van der Waals surface area contributed by atoms with E-state index >= 15 is 0 Å². The van der Waals surface area contributed by atoms with E-state index in [0.717, 1.165) is 0 Å². The van der Waals surface area contributed by atoms with Crippen LogP contribution in [-0.4, -0.2) is 60.6 Å². The summed E-state index contributed by atoms with van der Waals surface area (Å²) in [5.74, 6) is -1.25. The molecule has 0 atom stereocenters. The number of aromatic amines is 1. The van der Waals surface area contributed by atoms with E-state index in [1.54, 1.807) is 6.07 Å². The Balaban J connectivity index is 1.88. The molecular formula is C16H16F2N6O5S. The van der Waals surface area contributed by atoms with Crippen LogP contribution < -0.4 is 18.9 Å². The predicted octanol–water partition coefficient (Wildman–Crippen LogP) is 1.72. The summed E-state index contributed by atoms with van der Waals surface area (Å²) < 4.78 is 67.4. The van der Waals surface area contributed by atoms with Crippen LogP contribution in [0, 0.1) is 0 Å². The zero-order valence-corrected chi connectivity index (χ0v) is 16.5. The van der Waals surface area contributed by atoms with Crippen molar-refractivity contribution in [2.75, 3.05) is 25.5 Å². The second-order valence-corrected chi connectivity index (χ2v) is 7.23. The fourth-order valence-corrected chi connectivity index (χ4v) is 3.25. The molecule has 0 saturated heterocycles. The number of ether oxygens (including phenoxy) is 3. The summed E-state index contributed by atoms with van der Waals surface area (Å²) in [6.07, 6.45) is 1.34. The van der Waals surface area contributed by atoms with Crippen molar-refractivity contribution in [2.24, 2.45) is 0 Å². The van der Waals surface area contributed by atoms with Crippen LogP contribution in [0.5, 0.6) is 17.5 Å². The average molecular weight is 442 g/mol. The Hall–Kier alpha value is -3.55. The Bertz CT molecular complexity index is 1090. The molecule has 0 fully saturated rings. The summed E-state index contributed by atoms with van der Waals surface area (Å²) in [4.78, 5) is 18.2. The van der Waals surface area contributed by atoms with Gasteiger partial charge in [0.2, 0.25) is 11.7 Å². The van der Waals surface area contributed by atoms with E-state index in [1.165, 1.54) is 39.0 Å². The molecule has 0 aliphatic heterocycles. The van der Waals surface area contributed by atoms with Crippen molar-refractivity contribution >= 4 is 16.0 Å². The first-order valence-electron chi connectivity index (χ1n) is 8.22. The zero-order valence-electron chi connectivity index (χ0n) is 15.7. The van der Waals surface area contributed by atoms with Gasteiger partial charge in [0, 0.05) is 12.4 Å². The van der Waals surface area contributed by atoms with Gasteiger partial charge in [0.15, 0.2) is 0 Å². The number of alkyl halides is 2. The minimum absolute atomic E-state index is 0.115. The molecule has 3 aromatic rings. The molecule has 3 aromatic heterocycles. The first-order valence-corrected chi connectivity index (χ1v) is 9.71. The van der Waals surface area contributed by atoms with Crippen molar-refractivity contribution in [1.29, 1.82) is 0 Å². The van der Waals surface area contributed by atoms with Gasteiger partial charge in [-0.2, -0.15) is 9.97 Å². The molecule has 0 amide bonds. The van der Waals surface area contributed by atoms with Crippen LogP contribution in [0.15, 0.2) is 35.7 Å². The van der Waals surface area contributed by atoms with Gasteiger partial charge in [0.1, 0.15) is 17.8 Å². The number of anilines is 1. The number of methoxy groups -OCH3 is 2. The molecular weight excluding hydrogens is 426 g/mol. The van der Waals surface area contributed by atoms with Crippen molar-refractivity contribution in [3.8, 4) is 28.9 Å². The molecule has 160 valence electrons. The monoisotopic (exact) mass is 442 g/mol. The van der Waals surface area contributed by atoms with Crippen LogP contribution >= 0.6 is 0 Å². The number of nitrogens with zero attached hydrogens (tertiary/aromatic N) is 4. The van der Waals surface area contributed by atoms with Crippen molar-refractivity contribution in [2.45, 2.75) is 11.3 Å². The molecule has 0 aromatic carbocycles. The number of sulfonamides is 1. The number of H-pyrrole nitrogens is 1. The van der Waals surface area contributed by atoms with E-state index in [1.807, 2.05) is 0 Å². The van der Waals surface area contributed by atoms with Crippen LogP contribution in [0.4, 0.5) is 14.7 Å². The van der Waals surface area contributed by atoms with E-state index in [2.05, 4.69) is 29.6 Å². The fourth-order valence-electron chi connectivity index (χ4n) is 2.31. The first-order chi connectivity index (χ1) is 14.3. The van der Waals surface area contributed by atoms with Crippen molar-refractivity contribution in [3.63, 3.8) is 0 Å². The van der Waals surface area contributed by atoms with E-state index in [9.17, 15) is 17.2 Å². The third kappa shape index (κ3) is 4.71. The van der Waals surface area contributed by atoms with Gasteiger partial charge in [-0.1, -0.05) is 0 Å². The SMILES string of the molecule is COc1nc(NS(=O)(=O)c2c[nH]c(-c3ccncn3)c2)nc(OC)c1OCC(F)F. The number of nitrogens with one attached hydrogen (secondary N) is 2. The molecule has 0 bridgehead atoms. The molecule has 2 N–H and O–H groups in total. The second-order valence-electron chi connectivity index (χ2n) is 5.55. The molecule has 3 rings (SSSR count). The standard InChI is InChI=1S/C16H16F2N6O5S/c1-27-14-13(29-7-12(17)18)15(28-2)23-16(22-14)24-30(25,26)9-5-11(20-6-9)10-3-4-19-8-21-10/h3-6,8,12,20H,7H2,1-2H3,(H,22,23,24). The van der Waals surface area contributed by atoms with Gasteiger partial charge in [0.05, 0.1) is 25.6 Å². The number of halogens is 2. The molecule has 3 heterocycles. The normalized spacial score (nSPS) is 11.4. The first kappa shape index (κ1) is 21.2. The van der Waals surface area contributed by atoms with Gasteiger partial charge in [-0.15, -0.1) is 0 Å². The van der Waals surface area contributed by atoms with Crippen molar-refractivity contribution in [1.82, 2.24) is 24.9 Å². The largest absolute Gasteiger partial charge is 0.478 e. The van der Waals surface area contributed by atoms with Gasteiger partial charge in [-0.25, -0.2) is 31.9 Å². The molecule has 0 aliphatic rings. The summed E-state index contributed by atoms with van der Waals surface area (Å²) in [6.45, 7) is -0.948. The quantitative estimate of drug-likeness (QED) is 0.507. The van der Waals surface area contributed by atoms with Crippen LogP contribution in [-0.2, 0) is 10.0 Å². The Morgan fingerprint density at radius 2 is 1.90 bits per heavy atom. The highest BCUT2D eigenvalue weighted by atomic mass is 32.2. The average Bonchev–Trinajstić information content (AvgIpc) is 3.23. The summed E-state index contributed by atoms with van der Waals surface area (Å²) in [6, 6.07) is 2.96. The fraction of sp³-hybridized carbons (Fsp3) is 0.250. The maximum Gasteiger partial charge on any atom is 0.272 e. The Kier molecular flexibility index (Phi) is 6.25. The second kappa shape index (κ2) is 8.86. The van der Waals surface area contributed by atoms with Crippen LogP contribution in [0.2, 0.25) is 0 Å². The van der Waals surface area contributed by atoms with E-state index in [4.69, 9.17) is 14.2 Å². The zero-order chi connectivity index (χ0) is 21.7. The highest BCUT2D eigenvalue weighted by molar-refractivity contribution is 7.92. The van der Waals surface area contributed by atoms with Gasteiger partial charge >= 0.3 is 0 Å². The maximum atomic E-state index is 12.7. The minimum Gasteiger partial charge on any atom is -0.478 e. The van der Waals surface area contributed by atoms with E-state index in [-0.39, 0.29) is 22.4 Å². The number of aromatic nitrogens is 5. The molecule has 0 aliphatic carbocycles. The van der Waals surface area contributed by atoms with Gasteiger partial charge < -0.3 is 19.2 Å². The maximum absolute atomic E-state index is 12.7. The van der Waals surface area contributed by atoms with E-state index < -0.39 is 29.0 Å². The third-order valence-corrected chi connectivity index (χ3v) is 4.90. The lowest BCUT2D eigenvalue weighted by atomic mass is 10.3. The summed E-state index contributed by atoms with van der Waals surface area (Å²) in [5, 5.41) is 0. The molecule has 0 unspecified atom stereocenters. The molecule has 14 heteroatoms. The lowest BCUT2D eigenvalue weighted by Crippen LogP contribution is -2.16. The predicted molar refractivity (Wildman–Crippen MR) is 99.3 cm³/mol. The summed E-state index contributed by atoms with van der Waals surface area (Å²) >= 11 is 0. The number of hydrogen-bond acceptors (Lipinski definition) is 9. The smallest absolute Gasteiger partial charge is 0.272 e. The third-order valence-electron chi connectivity index (χ3n) is 3.59. The van der Waals surface area contributed by atoms with Crippen molar-refractivity contribution < 1.29 is 31.4 Å². The molecule has 30 heavy (non-hydrogen) atoms. The molecule has 0 spiro atoms. The Labute approximate surface area is 169 Å². The highest BCUT2D eigenvalue weighted by Gasteiger charge is 2.23. The Morgan fingerprint density at radius 3 is 2.47 bits per heavy atom. The van der Waals surface area contributed by atoms with Gasteiger partial charge in [-0.3, -0.25) is 0 Å². The van der Waals surface area contributed by atoms with E-state index in [0.29, 0.717) is 11.4 Å². The number of hydrogen-bond donors (Lipinski definition) is 2. The summed E-state index contributed by atoms with van der Waals surface area (Å²) in [7, 11) is -1.70. The molecule has 0 radical (unpaired) electrons. The lowest BCUT2D eigenvalue weighted by molar-refractivity contribution is 0.0781. The highest BCUT2D eigenvalue weighted by Crippen LogP contribution is 2.35. The minimum atomic E-state index is -4.11. The topological polar surface area (TPSA) is 141 Å². The number of rotatable bonds is 9. The summed E-state index contributed by atoms with van der Waals surface area (Å²) in [5.41, 5.74) is 0.941. The van der Waals surface area contributed by atoms with Crippen LogP contribution in [0.25, 0.3) is 11.4 Å².